The van der Waals surface area contributed by atoms with Gasteiger partial charge in [0, 0.05) is 23.9 Å². The lowest BCUT2D eigenvalue weighted by atomic mass is 10.1. The van der Waals surface area contributed by atoms with Crippen LogP contribution < -0.4 is 16.2 Å². The van der Waals surface area contributed by atoms with E-state index in [1.165, 1.54) is 12.1 Å². The van der Waals surface area contributed by atoms with E-state index in [9.17, 15) is 14.4 Å². The third-order valence-corrected chi connectivity index (χ3v) is 3.87. The first-order valence-electron chi connectivity index (χ1n) is 8.33. The summed E-state index contributed by atoms with van der Waals surface area (Å²) in [5, 5.41) is 9.50. The Hall–Kier alpha value is -2.67. The molecule has 0 bridgehead atoms. The van der Waals surface area contributed by atoms with E-state index in [1.807, 2.05) is 13.8 Å². The maximum Gasteiger partial charge on any atom is 0.267 e. The van der Waals surface area contributed by atoms with Crippen LogP contribution in [-0.4, -0.2) is 21.6 Å². The van der Waals surface area contributed by atoms with Crippen molar-refractivity contribution in [1.82, 2.24) is 9.78 Å². The number of hydrogen-bond acceptors (Lipinski definition) is 4. The van der Waals surface area contributed by atoms with E-state index in [0.717, 1.165) is 23.1 Å². The van der Waals surface area contributed by atoms with Crippen LogP contribution >= 0.6 is 11.6 Å². The van der Waals surface area contributed by atoms with Crippen LogP contribution in [0.1, 0.15) is 31.7 Å². The fourth-order valence-corrected chi connectivity index (χ4v) is 2.46. The van der Waals surface area contributed by atoms with Crippen molar-refractivity contribution >= 4 is 34.8 Å². The maximum absolute atomic E-state index is 12.1. The number of rotatable bonds is 7. The average molecular weight is 377 g/mol. The lowest BCUT2D eigenvalue weighted by molar-refractivity contribution is -0.117. The van der Waals surface area contributed by atoms with E-state index in [1.54, 1.807) is 18.2 Å². The number of carbonyl (C=O) groups excluding carboxylic acids is 2. The molecule has 0 aliphatic rings. The molecule has 0 radical (unpaired) electrons. The summed E-state index contributed by atoms with van der Waals surface area (Å²) < 4.78 is 0.993. The SMILES string of the molecule is CCCCC(=O)Nc1ccc(NC(=O)Cn2nc(Cl)ccc2=O)cc1C. The fourth-order valence-electron chi connectivity index (χ4n) is 2.31. The quantitative estimate of drug-likeness (QED) is 0.776. The van der Waals surface area contributed by atoms with Crippen molar-refractivity contribution in [3.63, 3.8) is 0 Å². The van der Waals surface area contributed by atoms with Gasteiger partial charge in [-0.25, -0.2) is 4.68 Å². The molecule has 26 heavy (non-hydrogen) atoms. The Labute approximate surface area is 156 Å². The molecule has 1 aromatic carbocycles. The topological polar surface area (TPSA) is 93.1 Å². The predicted octanol–water partition coefficient (Wildman–Crippen LogP) is 2.97. The Morgan fingerprint density at radius 2 is 1.92 bits per heavy atom. The summed E-state index contributed by atoms with van der Waals surface area (Å²) in [6.07, 6.45) is 2.29. The van der Waals surface area contributed by atoms with Gasteiger partial charge in [-0.05, 0) is 43.2 Å². The molecule has 0 fully saturated rings. The molecule has 0 spiro atoms. The van der Waals surface area contributed by atoms with E-state index >= 15 is 0 Å². The molecule has 2 rings (SSSR count). The van der Waals surface area contributed by atoms with Gasteiger partial charge >= 0.3 is 0 Å². The van der Waals surface area contributed by atoms with Crippen molar-refractivity contribution in [2.45, 2.75) is 39.7 Å². The summed E-state index contributed by atoms with van der Waals surface area (Å²) >= 11 is 5.73. The molecule has 7 nitrogen and oxygen atoms in total. The Morgan fingerprint density at radius 1 is 1.15 bits per heavy atom. The molecule has 2 amide bonds. The normalized spacial score (nSPS) is 10.4. The van der Waals surface area contributed by atoms with Crippen LogP contribution in [0.4, 0.5) is 11.4 Å². The smallest absolute Gasteiger partial charge is 0.267 e. The minimum absolute atomic E-state index is 0.0295. The molecule has 0 atom stereocenters. The lowest BCUT2D eigenvalue weighted by Crippen LogP contribution is -2.29. The van der Waals surface area contributed by atoms with Crippen molar-refractivity contribution in [3.05, 3.63) is 51.4 Å². The van der Waals surface area contributed by atoms with Gasteiger partial charge in [-0.15, -0.1) is 0 Å². The Balaban J connectivity index is 2.00. The molecular formula is C18H21ClN4O3. The molecule has 138 valence electrons. The van der Waals surface area contributed by atoms with Crippen molar-refractivity contribution in [2.24, 2.45) is 0 Å². The number of nitrogens with one attached hydrogen (secondary N) is 2. The molecule has 2 aromatic rings. The van der Waals surface area contributed by atoms with Gasteiger partial charge in [-0.2, -0.15) is 5.10 Å². The number of halogens is 1. The van der Waals surface area contributed by atoms with Crippen LogP contribution in [0, 0.1) is 6.92 Å². The number of unbranched alkanes of at least 4 members (excludes halogenated alkanes) is 1. The first-order chi connectivity index (χ1) is 12.4. The Morgan fingerprint density at radius 3 is 2.62 bits per heavy atom. The number of aromatic nitrogens is 2. The van der Waals surface area contributed by atoms with Crippen LogP contribution in [0.15, 0.2) is 35.1 Å². The highest BCUT2D eigenvalue weighted by atomic mass is 35.5. The highest BCUT2D eigenvalue weighted by Crippen LogP contribution is 2.20. The molecule has 1 aromatic heterocycles. The summed E-state index contributed by atoms with van der Waals surface area (Å²) in [6.45, 7) is 3.63. The van der Waals surface area contributed by atoms with E-state index < -0.39 is 11.5 Å². The zero-order chi connectivity index (χ0) is 19.1. The van der Waals surface area contributed by atoms with E-state index in [4.69, 9.17) is 11.6 Å². The average Bonchev–Trinajstić information content (AvgIpc) is 2.58. The summed E-state index contributed by atoms with van der Waals surface area (Å²) in [4.78, 5) is 35.6. The number of hydrogen-bond donors (Lipinski definition) is 2. The lowest BCUT2D eigenvalue weighted by Gasteiger charge is -2.11. The summed E-state index contributed by atoms with van der Waals surface area (Å²) in [5.74, 6) is -0.431. The van der Waals surface area contributed by atoms with Crippen LogP contribution in [-0.2, 0) is 16.1 Å². The minimum atomic E-state index is -0.411. The number of carbonyl (C=O) groups is 2. The largest absolute Gasteiger partial charge is 0.326 e. The number of nitrogens with zero attached hydrogens (tertiary/aromatic N) is 2. The number of benzene rings is 1. The zero-order valence-corrected chi connectivity index (χ0v) is 15.5. The van der Waals surface area contributed by atoms with Gasteiger partial charge in [0.25, 0.3) is 5.56 Å². The van der Waals surface area contributed by atoms with Gasteiger partial charge in [0.1, 0.15) is 11.7 Å². The van der Waals surface area contributed by atoms with Crippen molar-refractivity contribution in [1.29, 1.82) is 0 Å². The zero-order valence-electron chi connectivity index (χ0n) is 14.7. The molecule has 0 aliphatic carbocycles. The van der Waals surface area contributed by atoms with E-state index in [2.05, 4.69) is 15.7 Å². The second-order valence-electron chi connectivity index (χ2n) is 5.88. The van der Waals surface area contributed by atoms with Gasteiger partial charge in [0.05, 0.1) is 0 Å². The summed E-state index contributed by atoms with van der Waals surface area (Å²) in [6, 6.07) is 7.80. The number of aryl methyl sites for hydroxylation is 1. The first-order valence-corrected chi connectivity index (χ1v) is 8.71. The molecule has 8 heteroatoms. The molecule has 1 heterocycles. The van der Waals surface area contributed by atoms with Crippen LogP contribution in [0.3, 0.4) is 0 Å². The van der Waals surface area contributed by atoms with Gasteiger partial charge in [-0.3, -0.25) is 14.4 Å². The Kier molecular flexibility index (Phi) is 6.91. The highest BCUT2D eigenvalue weighted by Gasteiger charge is 2.09. The van der Waals surface area contributed by atoms with Crippen molar-refractivity contribution in [3.8, 4) is 0 Å². The maximum atomic E-state index is 12.1. The molecule has 0 unspecified atom stereocenters. The molecule has 0 saturated carbocycles. The molecule has 2 N–H and O–H groups in total. The van der Waals surface area contributed by atoms with Gasteiger partial charge in [-0.1, -0.05) is 24.9 Å². The second-order valence-corrected chi connectivity index (χ2v) is 6.27. The van der Waals surface area contributed by atoms with Crippen molar-refractivity contribution in [2.75, 3.05) is 10.6 Å². The second kappa shape index (κ2) is 9.15. The third-order valence-electron chi connectivity index (χ3n) is 3.67. The van der Waals surface area contributed by atoms with Gasteiger partial charge in [0.15, 0.2) is 0 Å². The first kappa shape index (κ1) is 19.7. The predicted molar refractivity (Wildman–Crippen MR) is 101 cm³/mol. The number of amides is 2. The minimum Gasteiger partial charge on any atom is -0.326 e. The monoisotopic (exact) mass is 376 g/mol. The molecule has 0 saturated heterocycles. The highest BCUT2D eigenvalue weighted by molar-refractivity contribution is 6.29. The van der Waals surface area contributed by atoms with Crippen molar-refractivity contribution < 1.29 is 9.59 Å². The van der Waals surface area contributed by atoms with Gasteiger partial charge in [0.2, 0.25) is 11.8 Å². The Bertz CT molecular complexity index is 864. The summed E-state index contributed by atoms with van der Waals surface area (Å²) in [7, 11) is 0. The molecular weight excluding hydrogens is 356 g/mol. The van der Waals surface area contributed by atoms with Crippen LogP contribution in [0.25, 0.3) is 0 Å². The van der Waals surface area contributed by atoms with E-state index in [-0.39, 0.29) is 17.6 Å². The standard InChI is InChI=1S/C18H21ClN4O3/c1-3-4-5-16(24)21-14-7-6-13(10-12(14)2)20-17(25)11-23-18(26)9-8-15(19)22-23/h6-10H,3-5,11H2,1-2H3,(H,20,25)(H,21,24). The van der Waals surface area contributed by atoms with Crippen LogP contribution in [0.5, 0.6) is 0 Å². The fraction of sp³-hybridized carbons (Fsp3) is 0.333. The summed E-state index contributed by atoms with van der Waals surface area (Å²) in [5.41, 5.74) is 1.68. The van der Waals surface area contributed by atoms with E-state index in [0.29, 0.717) is 17.8 Å². The third kappa shape index (κ3) is 5.70. The number of anilines is 2. The molecule has 0 aliphatic heterocycles. The van der Waals surface area contributed by atoms with Crippen LogP contribution in [0.2, 0.25) is 5.15 Å². The van der Waals surface area contributed by atoms with Gasteiger partial charge < -0.3 is 10.6 Å².